The van der Waals surface area contributed by atoms with Gasteiger partial charge in [-0.1, -0.05) is 72.8 Å². The predicted molar refractivity (Wildman–Crippen MR) is 126 cm³/mol. The zero-order valence-corrected chi connectivity index (χ0v) is 18.7. The summed E-state index contributed by atoms with van der Waals surface area (Å²) in [5.74, 6) is 0.219. The molecule has 166 valence electrons. The average Bonchev–Trinajstić information content (AvgIpc) is 2.82. The third-order valence-corrected chi connectivity index (χ3v) is 5.33. The summed E-state index contributed by atoms with van der Waals surface area (Å²) in [6, 6.07) is 26.3. The average molecular weight is 431 g/mol. The van der Waals surface area contributed by atoms with Crippen LogP contribution in [0.15, 0.2) is 84.9 Å². The van der Waals surface area contributed by atoms with E-state index in [1.54, 1.807) is 4.90 Å². The highest BCUT2D eigenvalue weighted by Gasteiger charge is 2.30. The van der Waals surface area contributed by atoms with Crippen LogP contribution in [0.3, 0.4) is 0 Å². The lowest BCUT2D eigenvalue weighted by atomic mass is 10.0. The largest absolute Gasteiger partial charge is 0.484 e. The first kappa shape index (κ1) is 23.1. The quantitative estimate of drug-likeness (QED) is 0.526. The minimum Gasteiger partial charge on any atom is -0.484 e. The highest BCUT2D eigenvalue weighted by Crippen LogP contribution is 2.18. The summed E-state index contributed by atoms with van der Waals surface area (Å²) in [5, 5.41) is 2.90. The van der Waals surface area contributed by atoms with Crippen LogP contribution in [0.5, 0.6) is 5.75 Å². The Morgan fingerprint density at radius 3 is 2.19 bits per heavy atom. The summed E-state index contributed by atoms with van der Waals surface area (Å²) in [5.41, 5.74) is 3.07. The molecule has 0 fully saturated rings. The van der Waals surface area contributed by atoms with Crippen molar-refractivity contribution in [1.29, 1.82) is 0 Å². The summed E-state index contributed by atoms with van der Waals surface area (Å²) in [6.07, 6.45) is 0.426. The van der Waals surface area contributed by atoms with Gasteiger partial charge in [0.1, 0.15) is 11.8 Å². The van der Waals surface area contributed by atoms with Gasteiger partial charge in [-0.3, -0.25) is 9.59 Å². The molecule has 0 aliphatic rings. The molecule has 3 rings (SSSR count). The van der Waals surface area contributed by atoms with E-state index >= 15 is 0 Å². The molecule has 5 heteroatoms. The van der Waals surface area contributed by atoms with Crippen molar-refractivity contribution in [2.45, 2.75) is 32.9 Å². The fourth-order valence-corrected chi connectivity index (χ4v) is 3.56. The first-order valence-corrected chi connectivity index (χ1v) is 10.9. The van der Waals surface area contributed by atoms with Gasteiger partial charge in [-0.15, -0.1) is 0 Å². The number of nitrogens with zero attached hydrogens (tertiary/aromatic N) is 1. The Morgan fingerprint density at radius 2 is 1.53 bits per heavy atom. The zero-order valence-electron chi connectivity index (χ0n) is 18.7. The van der Waals surface area contributed by atoms with Gasteiger partial charge in [0.2, 0.25) is 5.91 Å². The van der Waals surface area contributed by atoms with Crippen molar-refractivity contribution >= 4 is 11.8 Å². The molecule has 0 heterocycles. The number of carbonyl (C=O) groups is 2. The Bertz CT molecular complexity index is 1010. The van der Waals surface area contributed by atoms with Crippen molar-refractivity contribution in [3.8, 4) is 5.75 Å². The molecule has 3 aromatic carbocycles. The van der Waals surface area contributed by atoms with E-state index in [0.29, 0.717) is 25.3 Å². The molecule has 0 bridgehead atoms. The smallest absolute Gasteiger partial charge is 0.261 e. The van der Waals surface area contributed by atoms with Crippen LogP contribution >= 0.6 is 0 Å². The maximum atomic E-state index is 13.4. The van der Waals surface area contributed by atoms with E-state index < -0.39 is 6.04 Å². The fraction of sp³-hybridized carbons (Fsp3) is 0.259. The lowest BCUT2D eigenvalue weighted by Crippen LogP contribution is -2.51. The van der Waals surface area contributed by atoms with E-state index in [9.17, 15) is 9.59 Å². The highest BCUT2D eigenvalue weighted by molar-refractivity contribution is 5.88. The number of benzene rings is 3. The topological polar surface area (TPSA) is 58.6 Å². The van der Waals surface area contributed by atoms with Crippen molar-refractivity contribution in [1.82, 2.24) is 10.2 Å². The number of likely N-dealkylation sites (N-methyl/N-ethyl adjacent to an activating group) is 1. The molecule has 1 N–H and O–H groups in total. The number of carbonyl (C=O) groups excluding carboxylic acids is 2. The second-order valence-corrected chi connectivity index (χ2v) is 7.65. The molecule has 0 saturated carbocycles. The molecule has 0 radical (unpaired) electrons. The Labute approximate surface area is 190 Å². The molecule has 1 atom stereocenters. The number of para-hydroxylation sites is 1. The second kappa shape index (κ2) is 11.7. The molecule has 0 aliphatic carbocycles. The summed E-state index contributed by atoms with van der Waals surface area (Å²) in [7, 11) is 0. The third kappa shape index (κ3) is 6.45. The number of rotatable bonds is 10. The van der Waals surface area contributed by atoms with E-state index in [1.165, 1.54) is 0 Å². The van der Waals surface area contributed by atoms with Crippen LogP contribution in [0.1, 0.15) is 23.6 Å². The van der Waals surface area contributed by atoms with Gasteiger partial charge in [-0.2, -0.15) is 0 Å². The molecule has 3 aromatic rings. The highest BCUT2D eigenvalue weighted by atomic mass is 16.5. The molecule has 32 heavy (non-hydrogen) atoms. The number of hydrogen-bond donors (Lipinski definition) is 1. The second-order valence-electron chi connectivity index (χ2n) is 7.65. The van der Waals surface area contributed by atoms with Gasteiger partial charge in [0, 0.05) is 19.5 Å². The minimum absolute atomic E-state index is 0.138. The number of aryl methyl sites for hydroxylation is 1. The molecule has 0 saturated heterocycles. The monoisotopic (exact) mass is 430 g/mol. The SMILES string of the molecule is CCNC(=O)[C@H](Cc1ccccc1)N(Cc1ccccc1C)C(=O)COc1ccccc1. The maximum Gasteiger partial charge on any atom is 0.261 e. The first-order chi connectivity index (χ1) is 15.6. The molecule has 0 aliphatic heterocycles. The van der Waals surface area contributed by atoms with Gasteiger partial charge in [-0.05, 0) is 42.7 Å². The van der Waals surface area contributed by atoms with Gasteiger partial charge in [0.15, 0.2) is 6.61 Å². The van der Waals surface area contributed by atoms with Crippen LogP contribution in [-0.4, -0.2) is 35.9 Å². The third-order valence-electron chi connectivity index (χ3n) is 5.33. The predicted octanol–water partition coefficient (Wildman–Crippen LogP) is 4.15. The van der Waals surface area contributed by atoms with Crippen LogP contribution < -0.4 is 10.1 Å². The molecule has 0 aromatic heterocycles. The summed E-state index contributed by atoms with van der Waals surface area (Å²) >= 11 is 0. The summed E-state index contributed by atoms with van der Waals surface area (Å²) in [4.78, 5) is 28.1. The molecular weight excluding hydrogens is 400 g/mol. The maximum absolute atomic E-state index is 13.4. The number of ether oxygens (including phenoxy) is 1. The lowest BCUT2D eigenvalue weighted by Gasteiger charge is -2.31. The Balaban J connectivity index is 1.89. The molecule has 5 nitrogen and oxygen atoms in total. The van der Waals surface area contributed by atoms with Crippen molar-refractivity contribution < 1.29 is 14.3 Å². The van der Waals surface area contributed by atoms with Crippen molar-refractivity contribution in [3.63, 3.8) is 0 Å². The Hall–Kier alpha value is -3.60. The van der Waals surface area contributed by atoms with Crippen LogP contribution in [0.2, 0.25) is 0 Å². The fourth-order valence-electron chi connectivity index (χ4n) is 3.56. The van der Waals surface area contributed by atoms with Gasteiger partial charge < -0.3 is 15.0 Å². The zero-order chi connectivity index (χ0) is 22.8. The Kier molecular flexibility index (Phi) is 8.44. The number of hydrogen-bond acceptors (Lipinski definition) is 3. The van der Waals surface area contributed by atoms with Gasteiger partial charge >= 0.3 is 0 Å². The first-order valence-electron chi connectivity index (χ1n) is 10.9. The van der Waals surface area contributed by atoms with Crippen LogP contribution in [0, 0.1) is 6.92 Å². The van der Waals surface area contributed by atoms with Gasteiger partial charge in [0.05, 0.1) is 0 Å². The van der Waals surface area contributed by atoms with E-state index in [1.807, 2.05) is 98.8 Å². The van der Waals surface area contributed by atoms with E-state index in [2.05, 4.69) is 5.32 Å². The van der Waals surface area contributed by atoms with Gasteiger partial charge in [0.25, 0.3) is 5.91 Å². The standard InChI is InChI=1S/C27H30N2O3/c1-3-28-27(31)25(18-22-13-6-4-7-14-22)29(19-23-15-11-10-12-21(23)2)26(30)20-32-24-16-8-5-9-17-24/h4-17,25H,3,18-20H2,1-2H3,(H,28,31)/t25-/m0/s1. The van der Waals surface area contributed by atoms with E-state index in [0.717, 1.165) is 16.7 Å². The summed E-state index contributed by atoms with van der Waals surface area (Å²) in [6.45, 7) is 4.58. The van der Waals surface area contributed by atoms with Crippen LogP contribution in [-0.2, 0) is 22.6 Å². The molecule has 2 amide bonds. The van der Waals surface area contributed by atoms with Crippen molar-refractivity contribution in [3.05, 3.63) is 102 Å². The molecule has 0 spiro atoms. The van der Waals surface area contributed by atoms with Crippen molar-refractivity contribution in [2.24, 2.45) is 0 Å². The summed E-state index contributed by atoms with van der Waals surface area (Å²) < 4.78 is 5.73. The van der Waals surface area contributed by atoms with E-state index in [4.69, 9.17) is 4.74 Å². The molecular formula is C27H30N2O3. The van der Waals surface area contributed by atoms with Crippen LogP contribution in [0.4, 0.5) is 0 Å². The van der Waals surface area contributed by atoms with E-state index in [-0.39, 0.29) is 18.4 Å². The lowest BCUT2D eigenvalue weighted by molar-refractivity contribution is -0.142. The molecule has 0 unspecified atom stereocenters. The minimum atomic E-state index is -0.649. The normalized spacial score (nSPS) is 11.4. The number of amides is 2. The Morgan fingerprint density at radius 1 is 0.906 bits per heavy atom. The van der Waals surface area contributed by atoms with Crippen molar-refractivity contribution in [2.75, 3.05) is 13.2 Å². The van der Waals surface area contributed by atoms with Crippen LogP contribution in [0.25, 0.3) is 0 Å². The van der Waals surface area contributed by atoms with Gasteiger partial charge in [-0.25, -0.2) is 0 Å². The number of nitrogens with one attached hydrogen (secondary N) is 1.